The van der Waals surface area contributed by atoms with Crippen LogP contribution in [0.2, 0.25) is 0 Å². The fourth-order valence-corrected chi connectivity index (χ4v) is 2.27. The molecule has 2 heterocycles. The van der Waals surface area contributed by atoms with Crippen molar-refractivity contribution in [2.75, 3.05) is 0 Å². The Morgan fingerprint density at radius 3 is 2.80 bits per heavy atom. The third-order valence-corrected chi connectivity index (χ3v) is 3.29. The van der Waals surface area contributed by atoms with Crippen LogP contribution in [-0.4, -0.2) is 11.1 Å². The van der Waals surface area contributed by atoms with Gasteiger partial charge in [0.1, 0.15) is 17.6 Å². The topological polar surface area (TPSA) is 68.3 Å². The van der Waals surface area contributed by atoms with Crippen LogP contribution >= 0.6 is 0 Å². The van der Waals surface area contributed by atoms with Gasteiger partial charge in [0, 0.05) is 17.0 Å². The summed E-state index contributed by atoms with van der Waals surface area (Å²) < 4.78 is 10.5. The Morgan fingerprint density at radius 1 is 1.30 bits per heavy atom. The maximum atomic E-state index is 11.9. The molecule has 2 aromatic heterocycles. The molecule has 3 aromatic rings. The highest BCUT2D eigenvalue weighted by atomic mass is 16.5. The molecule has 0 saturated carbocycles. The Bertz CT molecular complexity index is 744. The summed E-state index contributed by atoms with van der Waals surface area (Å²) in [6.45, 7) is 3.86. The number of furan rings is 1. The van der Waals surface area contributed by atoms with E-state index in [1.807, 2.05) is 38.1 Å². The first-order chi connectivity index (χ1) is 9.66. The van der Waals surface area contributed by atoms with Crippen LogP contribution in [0.25, 0.3) is 11.0 Å². The molecule has 102 valence electrons. The number of nitrogens with zero attached hydrogens (tertiary/aromatic N) is 1. The number of benzene rings is 1. The molecule has 1 amide bonds. The van der Waals surface area contributed by atoms with E-state index in [1.165, 1.54) is 12.3 Å². The van der Waals surface area contributed by atoms with Gasteiger partial charge in [-0.25, -0.2) is 0 Å². The molecule has 0 unspecified atom stereocenters. The molecular weight excluding hydrogens is 256 g/mol. The highest BCUT2D eigenvalue weighted by molar-refractivity contribution is 5.92. The van der Waals surface area contributed by atoms with Gasteiger partial charge in [0.25, 0.3) is 5.91 Å². The molecule has 1 atom stereocenters. The minimum absolute atomic E-state index is 0.244. The molecule has 0 aliphatic carbocycles. The zero-order chi connectivity index (χ0) is 14.1. The zero-order valence-electron chi connectivity index (χ0n) is 11.2. The smallest absolute Gasteiger partial charge is 0.274 e. The molecule has 0 bridgehead atoms. The van der Waals surface area contributed by atoms with Crippen LogP contribution in [0, 0.1) is 6.92 Å². The van der Waals surface area contributed by atoms with Crippen molar-refractivity contribution in [1.29, 1.82) is 0 Å². The molecular formula is C15H14N2O3. The summed E-state index contributed by atoms with van der Waals surface area (Å²) in [5, 5.41) is 7.52. The predicted molar refractivity (Wildman–Crippen MR) is 73.3 cm³/mol. The molecule has 0 aliphatic heterocycles. The predicted octanol–water partition coefficient (Wildman–Crippen LogP) is 3.22. The van der Waals surface area contributed by atoms with Gasteiger partial charge < -0.3 is 14.3 Å². The lowest BCUT2D eigenvalue weighted by molar-refractivity contribution is 0.0926. The van der Waals surface area contributed by atoms with Crippen LogP contribution in [0.4, 0.5) is 0 Å². The van der Waals surface area contributed by atoms with Crippen molar-refractivity contribution in [3.05, 3.63) is 53.6 Å². The number of carbonyl (C=O) groups excluding carboxylic acids is 1. The Kier molecular flexibility index (Phi) is 3.02. The Balaban J connectivity index is 1.87. The molecule has 1 N–H and O–H groups in total. The van der Waals surface area contributed by atoms with Gasteiger partial charge in [-0.3, -0.25) is 4.79 Å². The van der Waals surface area contributed by atoms with Gasteiger partial charge in [-0.1, -0.05) is 23.4 Å². The summed E-state index contributed by atoms with van der Waals surface area (Å²) in [5.41, 5.74) is 2.11. The Morgan fingerprint density at radius 2 is 2.10 bits per heavy atom. The van der Waals surface area contributed by atoms with Gasteiger partial charge in [-0.05, 0) is 19.9 Å². The standard InChI is InChI=1S/C15H14N2O3/c1-9-11-5-3-4-6-13(11)20-14(9)10(2)16-15(18)12-7-8-19-17-12/h3-8,10H,1-2H3,(H,16,18)/t10-/m0/s1. The second-order valence-corrected chi connectivity index (χ2v) is 4.67. The van der Waals surface area contributed by atoms with E-state index in [-0.39, 0.29) is 17.6 Å². The lowest BCUT2D eigenvalue weighted by Gasteiger charge is -2.11. The highest BCUT2D eigenvalue weighted by Gasteiger charge is 2.19. The van der Waals surface area contributed by atoms with E-state index in [0.29, 0.717) is 0 Å². The summed E-state index contributed by atoms with van der Waals surface area (Å²) in [4.78, 5) is 11.9. The van der Waals surface area contributed by atoms with Crippen LogP contribution in [0.15, 0.2) is 45.5 Å². The Hall–Kier alpha value is -2.56. The van der Waals surface area contributed by atoms with Gasteiger partial charge in [-0.15, -0.1) is 0 Å². The van der Waals surface area contributed by atoms with Gasteiger partial charge in [0.2, 0.25) is 0 Å². The lowest BCUT2D eigenvalue weighted by atomic mass is 10.1. The first-order valence-electron chi connectivity index (χ1n) is 6.36. The number of fused-ring (bicyclic) bond motifs is 1. The number of para-hydroxylation sites is 1. The van der Waals surface area contributed by atoms with E-state index in [0.717, 1.165) is 22.3 Å². The number of rotatable bonds is 3. The van der Waals surface area contributed by atoms with Gasteiger partial charge >= 0.3 is 0 Å². The average molecular weight is 270 g/mol. The van der Waals surface area contributed by atoms with E-state index in [2.05, 4.69) is 15.0 Å². The second kappa shape index (κ2) is 4.85. The van der Waals surface area contributed by atoms with Crippen molar-refractivity contribution >= 4 is 16.9 Å². The van der Waals surface area contributed by atoms with E-state index in [1.54, 1.807) is 0 Å². The van der Waals surface area contributed by atoms with E-state index >= 15 is 0 Å². The van der Waals surface area contributed by atoms with Gasteiger partial charge in [-0.2, -0.15) is 0 Å². The number of hydrogen-bond acceptors (Lipinski definition) is 4. The molecule has 0 radical (unpaired) electrons. The zero-order valence-corrected chi connectivity index (χ0v) is 11.2. The largest absolute Gasteiger partial charge is 0.459 e. The number of aryl methyl sites for hydroxylation is 1. The molecule has 0 saturated heterocycles. The van der Waals surface area contributed by atoms with Crippen molar-refractivity contribution in [3.63, 3.8) is 0 Å². The molecule has 5 nitrogen and oxygen atoms in total. The molecule has 1 aromatic carbocycles. The molecule has 0 aliphatic rings. The number of amides is 1. The van der Waals surface area contributed by atoms with Crippen LogP contribution in [0.5, 0.6) is 0 Å². The highest BCUT2D eigenvalue weighted by Crippen LogP contribution is 2.29. The van der Waals surface area contributed by atoms with Gasteiger partial charge in [0.15, 0.2) is 5.69 Å². The molecule has 0 spiro atoms. The normalized spacial score (nSPS) is 12.5. The van der Waals surface area contributed by atoms with Crippen LogP contribution in [0.1, 0.15) is 34.8 Å². The molecule has 0 fully saturated rings. The van der Waals surface area contributed by atoms with Crippen LogP contribution in [0.3, 0.4) is 0 Å². The van der Waals surface area contributed by atoms with Crippen molar-refractivity contribution in [3.8, 4) is 0 Å². The summed E-state index contributed by atoms with van der Waals surface area (Å²) in [5.74, 6) is 0.467. The summed E-state index contributed by atoms with van der Waals surface area (Å²) >= 11 is 0. The number of aromatic nitrogens is 1. The third-order valence-electron chi connectivity index (χ3n) is 3.29. The van der Waals surface area contributed by atoms with Crippen LogP contribution < -0.4 is 5.32 Å². The number of carbonyl (C=O) groups is 1. The lowest BCUT2D eigenvalue weighted by Crippen LogP contribution is -2.27. The second-order valence-electron chi connectivity index (χ2n) is 4.67. The van der Waals surface area contributed by atoms with Crippen molar-refractivity contribution in [2.45, 2.75) is 19.9 Å². The Labute approximate surface area is 115 Å². The van der Waals surface area contributed by atoms with Crippen molar-refractivity contribution in [1.82, 2.24) is 10.5 Å². The minimum atomic E-state index is -0.286. The van der Waals surface area contributed by atoms with E-state index in [4.69, 9.17) is 4.42 Å². The average Bonchev–Trinajstić information content (AvgIpc) is 3.07. The van der Waals surface area contributed by atoms with E-state index < -0.39 is 0 Å². The quantitative estimate of drug-likeness (QED) is 0.793. The molecule has 3 rings (SSSR count). The molecule has 5 heteroatoms. The number of hydrogen-bond donors (Lipinski definition) is 1. The summed E-state index contributed by atoms with van der Waals surface area (Å²) in [6, 6.07) is 9.09. The maximum absolute atomic E-state index is 11.9. The van der Waals surface area contributed by atoms with Crippen LogP contribution in [-0.2, 0) is 0 Å². The fraction of sp³-hybridized carbons (Fsp3) is 0.200. The number of nitrogens with one attached hydrogen (secondary N) is 1. The van der Waals surface area contributed by atoms with Crippen molar-refractivity contribution < 1.29 is 13.7 Å². The van der Waals surface area contributed by atoms with Gasteiger partial charge in [0.05, 0.1) is 6.04 Å². The summed E-state index contributed by atoms with van der Waals surface area (Å²) in [7, 11) is 0. The monoisotopic (exact) mass is 270 g/mol. The summed E-state index contributed by atoms with van der Waals surface area (Å²) in [6.07, 6.45) is 1.37. The fourth-order valence-electron chi connectivity index (χ4n) is 2.27. The van der Waals surface area contributed by atoms with Crippen molar-refractivity contribution in [2.24, 2.45) is 0 Å². The maximum Gasteiger partial charge on any atom is 0.274 e. The third kappa shape index (κ3) is 2.07. The first-order valence-corrected chi connectivity index (χ1v) is 6.36. The van der Waals surface area contributed by atoms with E-state index in [9.17, 15) is 4.79 Å². The minimum Gasteiger partial charge on any atom is -0.459 e. The SMILES string of the molecule is Cc1c([C@H](C)NC(=O)c2ccon2)oc2ccccc12. The first kappa shape index (κ1) is 12.5. The molecule has 20 heavy (non-hydrogen) atoms.